The van der Waals surface area contributed by atoms with Crippen LogP contribution in [0.4, 0.5) is 0 Å². The summed E-state index contributed by atoms with van der Waals surface area (Å²) in [7, 11) is 1.99. The number of piperidine rings is 1. The Hall–Kier alpha value is -0.120. The Kier molecular flexibility index (Phi) is 4.79. The number of ketones is 1. The number of ether oxygens (including phenoxy) is 1. The van der Waals surface area contributed by atoms with Crippen molar-refractivity contribution in [2.24, 2.45) is 34.0 Å². The predicted octanol–water partition coefficient (Wildman–Crippen LogP) is 5.60. The van der Waals surface area contributed by atoms with Crippen molar-refractivity contribution in [3.63, 3.8) is 0 Å². The molecule has 5 saturated carbocycles. The van der Waals surface area contributed by atoms with Crippen molar-refractivity contribution in [2.45, 2.75) is 96.1 Å². The molecule has 3 nitrogen and oxygen atoms in total. The van der Waals surface area contributed by atoms with Crippen LogP contribution < -0.4 is 0 Å². The number of likely N-dealkylation sites (tertiary alicyclic amines) is 1. The first-order chi connectivity index (χ1) is 13.5. The van der Waals surface area contributed by atoms with Crippen molar-refractivity contribution in [2.75, 3.05) is 20.2 Å². The van der Waals surface area contributed by atoms with Gasteiger partial charge in [0.1, 0.15) is 11.5 Å². The molecular formula is C25H40ClNO2. The second-order valence-electron chi connectivity index (χ2n) is 11.8. The van der Waals surface area contributed by atoms with Crippen molar-refractivity contribution in [3.05, 3.63) is 0 Å². The minimum absolute atomic E-state index is 0. The zero-order valence-electron chi connectivity index (χ0n) is 18.5. The molecular weight excluding hydrogens is 382 g/mol. The lowest BCUT2D eigenvalue weighted by molar-refractivity contribution is -0.195. The Morgan fingerprint density at radius 3 is 2.48 bits per heavy atom. The molecule has 6 rings (SSSR count). The van der Waals surface area contributed by atoms with Gasteiger partial charge in [0.05, 0.1) is 0 Å². The standard InChI is InChI=1S/C25H39NO2.ClH/c1-22-10-9-20-18(19(22)6-7-21(22)27)8-11-23-16-24(20,23)12-13-25(17-23,28-2)26-14-4-3-5-15-26;/h18-20H,3-17H2,1-2H3;1H/t18-,19-,20-,22-,23-,24-,25-;/m0./s1. The van der Waals surface area contributed by atoms with Crippen LogP contribution in [0.3, 0.4) is 0 Å². The van der Waals surface area contributed by atoms with E-state index in [1.807, 2.05) is 7.11 Å². The second-order valence-corrected chi connectivity index (χ2v) is 11.8. The fraction of sp³-hybridized carbons (Fsp3) is 0.960. The Labute approximate surface area is 183 Å². The van der Waals surface area contributed by atoms with Gasteiger partial charge in [0.2, 0.25) is 0 Å². The summed E-state index contributed by atoms with van der Waals surface area (Å²) in [5.74, 6) is 3.03. The topological polar surface area (TPSA) is 29.5 Å². The third-order valence-electron chi connectivity index (χ3n) is 11.3. The van der Waals surface area contributed by atoms with Gasteiger partial charge >= 0.3 is 0 Å². The van der Waals surface area contributed by atoms with E-state index in [1.165, 1.54) is 90.1 Å². The van der Waals surface area contributed by atoms with E-state index < -0.39 is 0 Å². The van der Waals surface area contributed by atoms with Gasteiger partial charge in [-0.2, -0.15) is 0 Å². The lowest BCUT2D eigenvalue weighted by Gasteiger charge is -2.58. The second kappa shape index (κ2) is 6.69. The summed E-state index contributed by atoms with van der Waals surface area (Å²) < 4.78 is 6.37. The molecule has 0 unspecified atom stereocenters. The van der Waals surface area contributed by atoms with Crippen LogP contribution in [0.15, 0.2) is 0 Å². The largest absolute Gasteiger partial charge is 0.364 e. The number of hydrogen-bond donors (Lipinski definition) is 0. The quantitative estimate of drug-likeness (QED) is 0.580. The fourth-order valence-corrected chi connectivity index (χ4v) is 9.79. The van der Waals surface area contributed by atoms with Crippen molar-refractivity contribution >= 4 is 18.2 Å². The molecule has 0 aromatic heterocycles. The van der Waals surface area contributed by atoms with E-state index in [1.54, 1.807) is 0 Å². The summed E-state index contributed by atoms with van der Waals surface area (Å²) in [6.07, 6.45) is 16.8. The van der Waals surface area contributed by atoms with Gasteiger partial charge in [0.25, 0.3) is 0 Å². The highest BCUT2D eigenvalue weighted by atomic mass is 35.5. The highest BCUT2D eigenvalue weighted by Crippen LogP contribution is 2.84. The Morgan fingerprint density at radius 1 is 0.931 bits per heavy atom. The van der Waals surface area contributed by atoms with Gasteiger partial charge in [-0.25, -0.2) is 0 Å². The number of methoxy groups -OCH3 is 1. The summed E-state index contributed by atoms with van der Waals surface area (Å²) in [5.41, 5.74) is 1.24. The van der Waals surface area contributed by atoms with Crippen molar-refractivity contribution in [1.82, 2.24) is 4.90 Å². The zero-order chi connectivity index (χ0) is 19.2. The van der Waals surface area contributed by atoms with Crippen LogP contribution in [0, 0.1) is 34.0 Å². The Bertz CT molecular complexity index is 692. The molecule has 0 N–H and O–H groups in total. The lowest BCUT2D eigenvalue weighted by Crippen LogP contribution is -2.58. The van der Waals surface area contributed by atoms with Crippen molar-refractivity contribution < 1.29 is 9.53 Å². The van der Waals surface area contributed by atoms with Gasteiger partial charge in [-0.1, -0.05) is 13.3 Å². The molecule has 6 aliphatic rings. The number of hydrogen-bond acceptors (Lipinski definition) is 3. The van der Waals surface area contributed by atoms with E-state index in [-0.39, 0.29) is 23.5 Å². The first-order valence-electron chi connectivity index (χ1n) is 12.3. The van der Waals surface area contributed by atoms with Gasteiger partial charge in [-0.15, -0.1) is 12.4 Å². The highest BCUT2D eigenvalue weighted by molar-refractivity contribution is 5.87. The number of fused-ring (bicyclic) bond motifs is 3. The molecule has 29 heavy (non-hydrogen) atoms. The average molecular weight is 422 g/mol. The molecule has 164 valence electrons. The molecule has 1 saturated heterocycles. The summed E-state index contributed by atoms with van der Waals surface area (Å²) in [4.78, 5) is 15.4. The molecule has 5 aliphatic carbocycles. The van der Waals surface area contributed by atoms with Crippen molar-refractivity contribution in [3.8, 4) is 0 Å². The van der Waals surface area contributed by atoms with Crippen LogP contribution in [0.25, 0.3) is 0 Å². The number of rotatable bonds is 2. The monoisotopic (exact) mass is 421 g/mol. The third-order valence-corrected chi connectivity index (χ3v) is 11.3. The zero-order valence-corrected chi connectivity index (χ0v) is 19.3. The summed E-state index contributed by atoms with van der Waals surface area (Å²) in [5, 5.41) is 0. The van der Waals surface area contributed by atoms with E-state index in [0.29, 0.717) is 22.5 Å². The Morgan fingerprint density at radius 2 is 1.72 bits per heavy atom. The number of nitrogens with zero attached hydrogens (tertiary/aromatic N) is 1. The minimum Gasteiger partial charge on any atom is -0.364 e. The lowest BCUT2D eigenvalue weighted by atomic mass is 9.50. The molecule has 0 bridgehead atoms. The van der Waals surface area contributed by atoms with Crippen LogP contribution in [0.5, 0.6) is 0 Å². The first kappa shape index (κ1) is 20.8. The average Bonchev–Trinajstić information content (AvgIpc) is 3.33. The van der Waals surface area contributed by atoms with Gasteiger partial charge in [0.15, 0.2) is 0 Å². The maximum Gasteiger partial charge on any atom is 0.139 e. The van der Waals surface area contributed by atoms with Crippen LogP contribution in [-0.2, 0) is 9.53 Å². The minimum atomic E-state index is 0. The molecule has 6 fully saturated rings. The third kappa shape index (κ3) is 2.53. The molecule has 1 heterocycles. The Balaban J connectivity index is 0.00000181. The fourth-order valence-electron chi connectivity index (χ4n) is 9.79. The molecule has 0 spiro atoms. The van der Waals surface area contributed by atoms with E-state index in [9.17, 15) is 4.79 Å². The van der Waals surface area contributed by atoms with E-state index >= 15 is 0 Å². The number of halogens is 1. The maximum absolute atomic E-state index is 12.7. The van der Waals surface area contributed by atoms with E-state index in [2.05, 4.69) is 11.8 Å². The predicted molar refractivity (Wildman–Crippen MR) is 117 cm³/mol. The molecule has 0 aromatic carbocycles. The van der Waals surface area contributed by atoms with Gasteiger partial charge in [0, 0.05) is 32.0 Å². The van der Waals surface area contributed by atoms with Crippen LogP contribution in [0.2, 0.25) is 0 Å². The molecule has 1 aliphatic heterocycles. The number of carbonyl (C=O) groups is 1. The molecule has 0 aromatic rings. The normalized spacial score (nSPS) is 53.9. The van der Waals surface area contributed by atoms with Crippen molar-refractivity contribution in [1.29, 1.82) is 0 Å². The van der Waals surface area contributed by atoms with E-state index in [4.69, 9.17) is 4.74 Å². The SMILES string of the molecule is CO[C@@]1(N2CCCCC2)CC[C@@]23C[C@@]2(CC[C@@H]2[C@@H]3CC[C@]3(C)C(=O)CC[C@@H]23)C1.Cl. The summed E-state index contributed by atoms with van der Waals surface area (Å²) in [6, 6.07) is 0. The van der Waals surface area contributed by atoms with Crippen LogP contribution in [0.1, 0.15) is 90.4 Å². The van der Waals surface area contributed by atoms with Gasteiger partial charge in [-0.3, -0.25) is 9.69 Å². The summed E-state index contributed by atoms with van der Waals surface area (Å²) >= 11 is 0. The maximum atomic E-state index is 12.7. The number of carbonyl (C=O) groups excluding carboxylic acids is 1. The smallest absolute Gasteiger partial charge is 0.139 e. The highest BCUT2D eigenvalue weighted by Gasteiger charge is 2.77. The molecule has 7 atom stereocenters. The number of Topliss-reactive ketones (excluding diaryl/α,β-unsaturated/α-hetero) is 1. The molecule has 0 amide bonds. The first-order valence-corrected chi connectivity index (χ1v) is 12.3. The molecule has 4 heteroatoms. The van der Waals surface area contributed by atoms with Gasteiger partial charge < -0.3 is 4.74 Å². The molecule has 0 radical (unpaired) electrons. The van der Waals surface area contributed by atoms with Gasteiger partial charge in [-0.05, 0) is 99.2 Å². The van der Waals surface area contributed by atoms with Crippen LogP contribution >= 0.6 is 12.4 Å². The summed E-state index contributed by atoms with van der Waals surface area (Å²) in [6.45, 7) is 4.81. The van der Waals surface area contributed by atoms with Crippen LogP contribution in [-0.4, -0.2) is 36.6 Å². The van der Waals surface area contributed by atoms with E-state index in [0.717, 1.165) is 18.3 Å².